The molecule has 0 atom stereocenters. The Hall–Kier alpha value is -1.34. The van der Waals surface area contributed by atoms with E-state index in [2.05, 4.69) is 14.6 Å². The Balaban J connectivity index is 1.67. The van der Waals surface area contributed by atoms with Gasteiger partial charge in [0.15, 0.2) is 0 Å². The molecule has 0 spiro atoms. The van der Waals surface area contributed by atoms with E-state index in [4.69, 9.17) is 23.2 Å². The largest absolute Gasteiger partial charge is 0.357 e. The number of rotatable bonds is 5. The number of benzene rings is 1. The fraction of sp³-hybridized carbons (Fsp3) is 0.353. The summed E-state index contributed by atoms with van der Waals surface area (Å²) in [5.74, 6) is 0.934. The van der Waals surface area contributed by atoms with Crippen LogP contribution in [0.2, 0.25) is 10.0 Å². The third-order valence-corrected chi connectivity index (χ3v) is 6.26. The van der Waals surface area contributed by atoms with Gasteiger partial charge in [-0.15, -0.1) is 0 Å². The van der Waals surface area contributed by atoms with E-state index in [-0.39, 0.29) is 16.5 Å². The number of nitrogens with one attached hydrogen (secondary N) is 1. The third kappa shape index (κ3) is 4.64. The summed E-state index contributed by atoms with van der Waals surface area (Å²) in [5, 5.41) is 0.452. The summed E-state index contributed by atoms with van der Waals surface area (Å²) in [6, 6.07) is 8.17. The second-order valence-corrected chi connectivity index (χ2v) is 8.55. The lowest BCUT2D eigenvalue weighted by Crippen LogP contribution is -2.30. The van der Waals surface area contributed by atoms with Gasteiger partial charge in [0, 0.05) is 30.9 Å². The molecule has 0 saturated carbocycles. The van der Waals surface area contributed by atoms with E-state index in [1.165, 1.54) is 31.4 Å². The molecule has 0 amide bonds. The molecule has 1 N–H and O–H groups in total. The van der Waals surface area contributed by atoms with E-state index in [1.54, 1.807) is 12.3 Å². The third-order valence-electron chi connectivity index (χ3n) is 4.14. The minimum Gasteiger partial charge on any atom is -0.357 e. The van der Waals surface area contributed by atoms with Gasteiger partial charge in [-0.2, -0.15) is 0 Å². The highest BCUT2D eigenvalue weighted by atomic mass is 35.5. The van der Waals surface area contributed by atoms with Crippen LogP contribution in [0.5, 0.6) is 0 Å². The van der Waals surface area contributed by atoms with Crippen LogP contribution in [0.25, 0.3) is 0 Å². The summed E-state index contributed by atoms with van der Waals surface area (Å²) in [5.41, 5.74) is 0.780. The molecule has 1 aromatic carbocycles. The highest BCUT2D eigenvalue weighted by Gasteiger charge is 2.18. The fourth-order valence-corrected chi connectivity index (χ4v) is 4.55. The quantitative estimate of drug-likeness (QED) is 0.828. The maximum absolute atomic E-state index is 12.4. The van der Waals surface area contributed by atoms with Gasteiger partial charge in [-0.05, 0) is 49.1 Å². The Morgan fingerprint density at radius 2 is 1.84 bits per heavy atom. The van der Waals surface area contributed by atoms with Crippen molar-refractivity contribution in [1.29, 1.82) is 0 Å². The average molecular weight is 400 g/mol. The molecule has 1 fully saturated rings. The van der Waals surface area contributed by atoms with Crippen molar-refractivity contribution < 1.29 is 8.42 Å². The molecule has 3 rings (SSSR count). The van der Waals surface area contributed by atoms with Gasteiger partial charge < -0.3 is 4.90 Å². The molecule has 2 aromatic rings. The molecule has 2 heterocycles. The Kier molecular flexibility index (Phi) is 5.84. The number of sulfonamides is 1. The molecular formula is C17H19Cl2N3O2S. The first kappa shape index (κ1) is 18.5. The molecule has 8 heteroatoms. The topological polar surface area (TPSA) is 62.3 Å². The Morgan fingerprint density at radius 1 is 1.08 bits per heavy atom. The van der Waals surface area contributed by atoms with Crippen LogP contribution in [0.1, 0.15) is 24.8 Å². The minimum atomic E-state index is -3.75. The van der Waals surface area contributed by atoms with E-state index in [9.17, 15) is 8.42 Å². The number of hydrogen-bond donors (Lipinski definition) is 1. The summed E-state index contributed by atoms with van der Waals surface area (Å²) in [4.78, 5) is 6.68. The maximum Gasteiger partial charge on any atom is 0.242 e. The molecule has 5 nitrogen and oxygen atoms in total. The van der Waals surface area contributed by atoms with E-state index >= 15 is 0 Å². The summed E-state index contributed by atoms with van der Waals surface area (Å²) in [7, 11) is -3.75. The molecular weight excluding hydrogens is 381 g/mol. The van der Waals surface area contributed by atoms with Gasteiger partial charge >= 0.3 is 0 Å². The van der Waals surface area contributed by atoms with E-state index in [1.807, 2.05) is 12.1 Å². The van der Waals surface area contributed by atoms with Crippen LogP contribution < -0.4 is 9.62 Å². The molecule has 1 aliphatic rings. The summed E-state index contributed by atoms with van der Waals surface area (Å²) < 4.78 is 27.4. The first-order valence-corrected chi connectivity index (χ1v) is 10.3. The van der Waals surface area contributed by atoms with Crippen molar-refractivity contribution in [3.8, 4) is 0 Å². The second-order valence-electron chi connectivity index (χ2n) is 5.97. The molecule has 0 unspecified atom stereocenters. The Labute approximate surface area is 158 Å². The molecule has 0 bridgehead atoms. The average Bonchev–Trinajstić information content (AvgIpc) is 2.63. The van der Waals surface area contributed by atoms with Crippen molar-refractivity contribution in [2.45, 2.75) is 30.7 Å². The van der Waals surface area contributed by atoms with Gasteiger partial charge in [0.05, 0.1) is 5.02 Å². The van der Waals surface area contributed by atoms with Crippen LogP contribution in [0.3, 0.4) is 0 Å². The number of pyridine rings is 1. The van der Waals surface area contributed by atoms with Crippen LogP contribution in [-0.4, -0.2) is 26.5 Å². The maximum atomic E-state index is 12.4. The number of hydrogen-bond acceptors (Lipinski definition) is 4. The summed E-state index contributed by atoms with van der Waals surface area (Å²) in [6.45, 7) is 2.18. The number of nitrogens with zero attached hydrogens (tertiary/aromatic N) is 2. The lowest BCUT2D eigenvalue weighted by Gasteiger charge is -2.27. The van der Waals surface area contributed by atoms with Gasteiger partial charge in [-0.25, -0.2) is 18.1 Å². The van der Waals surface area contributed by atoms with Crippen molar-refractivity contribution >= 4 is 39.0 Å². The summed E-state index contributed by atoms with van der Waals surface area (Å²) in [6.07, 6.45) is 5.34. The highest BCUT2D eigenvalue weighted by molar-refractivity contribution is 7.89. The van der Waals surface area contributed by atoms with Gasteiger partial charge in [-0.1, -0.05) is 29.3 Å². The van der Waals surface area contributed by atoms with Crippen molar-refractivity contribution in [3.05, 3.63) is 52.1 Å². The number of piperidine rings is 1. The van der Waals surface area contributed by atoms with E-state index < -0.39 is 10.0 Å². The zero-order valence-electron chi connectivity index (χ0n) is 13.6. The van der Waals surface area contributed by atoms with Crippen LogP contribution in [0, 0.1) is 0 Å². The van der Waals surface area contributed by atoms with E-state index in [0.717, 1.165) is 24.5 Å². The number of halogens is 2. The molecule has 1 aliphatic heterocycles. The van der Waals surface area contributed by atoms with E-state index in [0.29, 0.717) is 5.02 Å². The lowest BCUT2D eigenvalue weighted by atomic mass is 10.1. The SMILES string of the molecule is O=S(=O)(NCc1ccc(N2CCCCC2)nc1)c1cc(Cl)ccc1Cl. The van der Waals surface area contributed by atoms with Crippen molar-refractivity contribution in [3.63, 3.8) is 0 Å². The molecule has 134 valence electrons. The molecule has 0 aliphatic carbocycles. The van der Waals surface area contributed by atoms with Crippen LogP contribution in [0.4, 0.5) is 5.82 Å². The Bertz CT molecular complexity index is 835. The number of anilines is 1. The summed E-state index contributed by atoms with van der Waals surface area (Å²) >= 11 is 11.8. The highest BCUT2D eigenvalue weighted by Crippen LogP contribution is 2.25. The molecule has 1 saturated heterocycles. The van der Waals surface area contributed by atoms with Gasteiger partial charge in [0.1, 0.15) is 10.7 Å². The predicted octanol–water partition coefficient (Wildman–Crippen LogP) is 3.86. The van der Waals surface area contributed by atoms with Gasteiger partial charge in [0.2, 0.25) is 10.0 Å². The first-order chi connectivity index (χ1) is 12.0. The zero-order chi connectivity index (χ0) is 17.9. The lowest BCUT2D eigenvalue weighted by molar-refractivity contribution is 0.573. The van der Waals surface area contributed by atoms with Crippen LogP contribution in [-0.2, 0) is 16.6 Å². The molecule has 1 aromatic heterocycles. The zero-order valence-corrected chi connectivity index (χ0v) is 15.9. The number of aromatic nitrogens is 1. The van der Waals surface area contributed by atoms with Crippen molar-refractivity contribution in [2.24, 2.45) is 0 Å². The van der Waals surface area contributed by atoms with Gasteiger partial charge in [-0.3, -0.25) is 0 Å². The van der Waals surface area contributed by atoms with Crippen LogP contribution in [0.15, 0.2) is 41.4 Å². The Morgan fingerprint density at radius 3 is 2.52 bits per heavy atom. The predicted molar refractivity (Wildman–Crippen MR) is 101 cm³/mol. The molecule has 25 heavy (non-hydrogen) atoms. The molecule has 0 radical (unpaired) electrons. The van der Waals surface area contributed by atoms with Crippen LogP contribution >= 0.6 is 23.2 Å². The standard InChI is InChI=1S/C17H19Cl2N3O2S/c18-14-5-6-15(19)16(10-14)25(23,24)21-12-13-4-7-17(20-11-13)22-8-2-1-3-9-22/h4-7,10-11,21H,1-3,8-9,12H2. The fourth-order valence-electron chi connectivity index (χ4n) is 2.77. The second kappa shape index (κ2) is 7.91. The normalized spacial score (nSPS) is 15.4. The van der Waals surface area contributed by atoms with Crippen molar-refractivity contribution in [2.75, 3.05) is 18.0 Å². The smallest absolute Gasteiger partial charge is 0.242 e. The van der Waals surface area contributed by atoms with Gasteiger partial charge in [0.25, 0.3) is 0 Å². The first-order valence-electron chi connectivity index (χ1n) is 8.10. The monoisotopic (exact) mass is 399 g/mol. The van der Waals surface area contributed by atoms with Crippen molar-refractivity contribution in [1.82, 2.24) is 9.71 Å². The minimum absolute atomic E-state index is 0.0282.